The van der Waals surface area contributed by atoms with Crippen LogP contribution < -0.4 is 5.32 Å². The number of thiazole rings is 1. The molecule has 6 heteroatoms. The summed E-state index contributed by atoms with van der Waals surface area (Å²) in [4.78, 5) is 27.5. The van der Waals surface area contributed by atoms with Crippen molar-refractivity contribution in [2.75, 3.05) is 12.4 Å². The Bertz CT molecular complexity index is 625. The van der Waals surface area contributed by atoms with Crippen molar-refractivity contribution >= 4 is 28.3 Å². The molecule has 21 heavy (non-hydrogen) atoms. The molecule has 1 N–H and O–H groups in total. The van der Waals surface area contributed by atoms with Gasteiger partial charge in [-0.1, -0.05) is 30.3 Å². The molecule has 0 aliphatic rings. The number of esters is 1. The van der Waals surface area contributed by atoms with E-state index in [1.54, 1.807) is 5.38 Å². The first-order valence-electron chi connectivity index (χ1n) is 6.47. The van der Waals surface area contributed by atoms with Crippen LogP contribution in [0, 0.1) is 0 Å². The Kier molecular flexibility index (Phi) is 5.05. The average Bonchev–Trinajstić information content (AvgIpc) is 2.94. The number of amides is 1. The van der Waals surface area contributed by atoms with Crippen LogP contribution in [0.4, 0.5) is 5.13 Å². The number of aromatic nitrogens is 1. The van der Waals surface area contributed by atoms with Gasteiger partial charge in [0.25, 0.3) is 0 Å². The molecule has 1 heterocycles. The third-order valence-electron chi connectivity index (χ3n) is 3.03. The summed E-state index contributed by atoms with van der Waals surface area (Å²) in [6.07, 6.45) is 0.108. The number of rotatable bonds is 5. The second-order valence-corrected chi connectivity index (χ2v) is 5.38. The largest absolute Gasteiger partial charge is 0.469 e. The van der Waals surface area contributed by atoms with Crippen LogP contribution in [0.3, 0.4) is 0 Å². The fourth-order valence-electron chi connectivity index (χ4n) is 1.77. The average molecular weight is 304 g/mol. The standard InChI is InChI=1S/C15H16N2O3S/c1-10(11-6-4-3-5-7-11)14(19)17-15-16-12(9-21-15)8-13(18)20-2/h3-7,9-10H,8H2,1-2H3,(H,16,17,19). The zero-order valence-corrected chi connectivity index (χ0v) is 12.6. The normalized spacial score (nSPS) is 11.7. The third-order valence-corrected chi connectivity index (χ3v) is 3.83. The van der Waals surface area contributed by atoms with Gasteiger partial charge >= 0.3 is 5.97 Å². The lowest BCUT2D eigenvalue weighted by molar-refractivity contribution is -0.139. The van der Waals surface area contributed by atoms with Crippen LogP contribution in [0.1, 0.15) is 24.1 Å². The Morgan fingerprint density at radius 2 is 2.05 bits per heavy atom. The summed E-state index contributed by atoms with van der Waals surface area (Å²) in [5.41, 5.74) is 1.54. The maximum absolute atomic E-state index is 12.2. The van der Waals surface area contributed by atoms with Gasteiger partial charge in [0.2, 0.25) is 5.91 Å². The van der Waals surface area contributed by atoms with Gasteiger partial charge in [0.1, 0.15) is 0 Å². The fraction of sp³-hybridized carbons (Fsp3) is 0.267. The SMILES string of the molecule is COC(=O)Cc1csc(NC(=O)C(C)c2ccccc2)n1. The molecule has 0 aliphatic heterocycles. The van der Waals surface area contributed by atoms with Crippen molar-refractivity contribution in [3.63, 3.8) is 0 Å². The van der Waals surface area contributed by atoms with E-state index in [4.69, 9.17) is 0 Å². The zero-order valence-electron chi connectivity index (χ0n) is 11.8. The number of hydrogen-bond donors (Lipinski definition) is 1. The van der Waals surface area contributed by atoms with E-state index in [1.807, 2.05) is 37.3 Å². The molecule has 1 aromatic carbocycles. The van der Waals surface area contributed by atoms with Crippen LogP contribution in [0.2, 0.25) is 0 Å². The minimum atomic E-state index is -0.351. The van der Waals surface area contributed by atoms with Gasteiger partial charge in [-0.05, 0) is 12.5 Å². The molecule has 2 rings (SSSR count). The van der Waals surface area contributed by atoms with Gasteiger partial charge in [-0.2, -0.15) is 0 Å². The van der Waals surface area contributed by atoms with E-state index in [9.17, 15) is 9.59 Å². The molecule has 1 unspecified atom stereocenters. The molecule has 0 radical (unpaired) electrons. The second-order valence-electron chi connectivity index (χ2n) is 4.52. The van der Waals surface area contributed by atoms with Gasteiger partial charge in [-0.25, -0.2) is 4.98 Å². The highest BCUT2D eigenvalue weighted by Crippen LogP contribution is 2.20. The maximum atomic E-state index is 12.2. The number of ether oxygens (including phenoxy) is 1. The molecule has 1 aromatic heterocycles. The minimum absolute atomic E-state index is 0.108. The monoisotopic (exact) mass is 304 g/mol. The third kappa shape index (κ3) is 4.13. The maximum Gasteiger partial charge on any atom is 0.311 e. The van der Waals surface area contributed by atoms with Crippen molar-refractivity contribution in [1.29, 1.82) is 0 Å². The van der Waals surface area contributed by atoms with Crippen molar-refractivity contribution in [2.45, 2.75) is 19.3 Å². The molecule has 0 fully saturated rings. The minimum Gasteiger partial charge on any atom is -0.469 e. The van der Waals surface area contributed by atoms with Gasteiger partial charge < -0.3 is 10.1 Å². The molecule has 0 aliphatic carbocycles. The lowest BCUT2D eigenvalue weighted by Gasteiger charge is -2.10. The number of carbonyl (C=O) groups is 2. The molecule has 0 saturated heterocycles. The molecule has 1 atom stereocenters. The van der Waals surface area contributed by atoms with E-state index in [0.717, 1.165) is 5.56 Å². The Morgan fingerprint density at radius 1 is 1.33 bits per heavy atom. The van der Waals surface area contributed by atoms with Crippen molar-refractivity contribution in [1.82, 2.24) is 4.98 Å². The highest BCUT2D eigenvalue weighted by atomic mass is 32.1. The smallest absolute Gasteiger partial charge is 0.311 e. The second kappa shape index (κ2) is 6.99. The van der Waals surface area contributed by atoms with Gasteiger partial charge in [-0.15, -0.1) is 11.3 Å². The van der Waals surface area contributed by atoms with Crippen LogP contribution in [-0.4, -0.2) is 24.0 Å². The first-order chi connectivity index (χ1) is 10.1. The molecule has 0 spiro atoms. The summed E-state index contributed by atoms with van der Waals surface area (Å²) in [5, 5.41) is 4.99. The quantitative estimate of drug-likeness (QED) is 0.862. The van der Waals surface area contributed by atoms with Crippen molar-refractivity contribution < 1.29 is 14.3 Å². The molecule has 0 bridgehead atoms. The number of benzene rings is 1. The van der Waals surface area contributed by atoms with Crippen molar-refractivity contribution in [3.8, 4) is 0 Å². The van der Waals surface area contributed by atoms with Crippen LogP contribution in [0.15, 0.2) is 35.7 Å². The molecule has 110 valence electrons. The summed E-state index contributed by atoms with van der Waals surface area (Å²) in [5.74, 6) is -0.741. The van der Waals surface area contributed by atoms with Crippen LogP contribution in [0.5, 0.6) is 0 Å². The first-order valence-corrected chi connectivity index (χ1v) is 7.35. The highest BCUT2D eigenvalue weighted by Gasteiger charge is 2.16. The van der Waals surface area contributed by atoms with E-state index in [2.05, 4.69) is 15.0 Å². The number of hydrogen-bond acceptors (Lipinski definition) is 5. The Hall–Kier alpha value is -2.21. The molecule has 5 nitrogen and oxygen atoms in total. The summed E-state index contributed by atoms with van der Waals surface area (Å²) < 4.78 is 4.58. The van der Waals surface area contributed by atoms with Gasteiger partial charge in [0, 0.05) is 5.38 Å². The number of methoxy groups -OCH3 is 1. The summed E-state index contributed by atoms with van der Waals surface area (Å²) in [6.45, 7) is 1.84. The van der Waals surface area contributed by atoms with E-state index >= 15 is 0 Å². The highest BCUT2D eigenvalue weighted by molar-refractivity contribution is 7.13. The van der Waals surface area contributed by atoms with Crippen LogP contribution in [-0.2, 0) is 20.7 Å². The first kappa shape index (κ1) is 15.2. The number of nitrogens with one attached hydrogen (secondary N) is 1. The molecule has 1 amide bonds. The summed E-state index contributed by atoms with van der Waals surface area (Å²) in [6, 6.07) is 9.53. The Labute approximate surface area is 127 Å². The van der Waals surface area contributed by atoms with Crippen LogP contribution in [0.25, 0.3) is 0 Å². The summed E-state index contributed by atoms with van der Waals surface area (Å²) in [7, 11) is 1.33. The van der Waals surface area contributed by atoms with E-state index in [-0.39, 0.29) is 24.2 Å². The topological polar surface area (TPSA) is 68.3 Å². The van der Waals surface area contributed by atoms with Crippen molar-refractivity contribution in [3.05, 3.63) is 47.0 Å². The van der Waals surface area contributed by atoms with Gasteiger partial charge in [0.05, 0.1) is 25.1 Å². The summed E-state index contributed by atoms with van der Waals surface area (Å²) >= 11 is 1.29. The van der Waals surface area contributed by atoms with Gasteiger partial charge in [0.15, 0.2) is 5.13 Å². The predicted octanol–water partition coefficient (Wildman–Crippen LogP) is 2.60. The lowest BCUT2D eigenvalue weighted by Crippen LogP contribution is -2.18. The van der Waals surface area contributed by atoms with E-state index in [0.29, 0.717) is 10.8 Å². The van der Waals surface area contributed by atoms with Crippen molar-refractivity contribution in [2.24, 2.45) is 0 Å². The Morgan fingerprint density at radius 3 is 2.71 bits per heavy atom. The molecular formula is C15H16N2O3S. The zero-order chi connectivity index (χ0) is 15.2. The van der Waals surface area contributed by atoms with Crippen LogP contribution >= 0.6 is 11.3 Å². The molecule has 0 saturated carbocycles. The van der Waals surface area contributed by atoms with E-state index < -0.39 is 0 Å². The fourth-order valence-corrected chi connectivity index (χ4v) is 2.49. The predicted molar refractivity (Wildman–Crippen MR) is 81.3 cm³/mol. The number of anilines is 1. The number of carbonyl (C=O) groups excluding carboxylic acids is 2. The molecular weight excluding hydrogens is 288 g/mol. The van der Waals surface area contributed by atoms with E-state index in [1.165, 1.54) is 18.4 Å². The lowest BCUT2D eigenvalue weighted by atomic mass is 10.0. The Balaban J connectivity index is 1.98. The number of nitrogens with zero attached hydrogens (tertiary/aromatic N) is 1. The van der Waals surface area contributed by atoms with Gasteiger partial charge in [-0.3, -0.25) is 9.59 Å². The molecule has 2 aromatic rings.